The maximum absolute atomic E-state index is 13.5. The number of unbranched alkanes of at least 4 members (excludes halogenated alkanes) is 1. The van der Waals surface area contributed by atoms with Gasteiger partial charge in [0.25, 0.3) is 0 Å². The highest BCUT2D eigenvalue weighted by Crippen LogP contribution is 2.27. The van der Waals surface area contributed by atoms with Gasteiger partial charge in [-0.2, -0.15) is 0 Å². The second-order valence-corrected chi connectivity index (χ2v) is 12.4. The Morgan fingerprint density at radius 3 is 2.26 bits per heavy atom. The number of rotatable bonds is 14. The summed E-state index contributed by atoms with van der Waals surface area (Å²) in [7, 11) is -3.63. The molecule has 2 rings (SSSR count). The summed E-state index contributed by atoms with van der Waals surface area (Å²) in [6.07, 6.45) is 3.59. The summed E-state index contributed by atoms with van der Waals surface area (Å²) in [5.41, 5.74) is 1.88. The minimum atomic E-state index is -3.63. The van der Waals surface area contributed by atoms with Gasteiger partial charge in [-0.15, -0.1) is 0 Å². The summed E-state index contributed by atoms with van der Waals surface area (Å²) < 4.78 is 26.4. The van der Waals surface area contributed by atoms with E-state index in [1.807, 2.05) is 13.8 Å². The third-order valence-electron chi connectivity index (χ3n) is 6.16. The number of hydrogen-bond acceptors (Lipinski definition) is 4. The summed E-state index contributed by atoms with van der Waals surface area (Å²) in [5.74, 6) is -0.503. The van der Waals surface area contributed by atoms with E-state index in [0.717, 1.165) is 24.7 Å². The lowest BCUT2D eigenvalue weighted by Gasteiger charge is -2.31. The number of carbonyl (C=O) groups excluding carboxylic acids is 2. The van der Waals surface area contributed by atoms with Crippen LogP contribution in [0.15, 0.2) is 36.4 Å². The Kier molecular flexibility index (Phi) is 12.7. The van der Waals surface area contributed by atoms with E-state index in [0.29, 0.717) is 39.3 Å². The molecular weight excluding hydrogens is 569 g/mol. The molecular formula is C27H36Cl3N3O4S. The van der Waals surface area contributed by atoms with Gasteiger partial charge in [0.2, 0.25) is 21.8 Å². The third-order valence-corrected chi connectivity index (χ3v) is 8.17. The molecule has 0 fully saturated rings. The van der Waals surface area contributed by atoms with E-state index >= 15 is 0 Å². The molecule has 11 heteroatoms. The van der Waals surface area contributed by atoms with E-state index in [4.69, 9.17) is 34.8 Å². The zero-order chi connectivity index (χ0) is 28.5. The van der Waals surface area contributed by atoms with Crippen molar-refractivity contribution >= 4 is 62.3 Å². The van der Waals surface area contributed by atoms with Crippen molar-refractivity contribution in [1.82, 2.24) is 10.2 Å². The van der Waals surface area contributed by atoms with Crippen molar-refractivity contribution in [2.75, 3.05) is 23.7 Å². The fourth-order valence-electron chi connectivity index (χ4n) is 4.09. The van der Waals surface area contributed by atoms with Gasteiger partial charge in [0, 0.05) is 41.1 Å². The Balaban J connectivity index is 2.27. The molecule has 0 aliphatic carbocycles. The lowest BCUT2D eigenvalue weighted by molar-refractivity contribution is -0.141. The molecule has 2 amide bonds. The van der Waals surface area contributed by atoms with Crippen LogP contribution in [0.25, 0.3) is 0 Å². The number of aryl methyl sites for hydroxylation is 1. The second-order valence-electron chi connectivity index (χ2n) is 9.20. The summed E-state index contributed by atoms with van der Waals surface area (Å²) in [6.45, 7) is 6.42. The number of benzene rings is 2. The first-order valence-electron chi connectivity index (χ1n) is 12.6. The fraction of sp³-hybridized carbons (Fsp3) is 0.481. The molecule has 0 aliphatic rings. The number of nitrogens with zero attached hydrogens (tertiary/aromatic N) is 2. The van der Waals surface area contributed by atoms with E-state index in [2.05, 4.69) is 5.32 Å². The Bertz CT molecular complexity index is 1220. The summed E-state index contributed by atoms with van der Waals surface area (Å²) in [4.78, 5) is 28.1. The van der Waals surface area contributed by atoms with Gasteiger partial charge in [-0.25, -0.2) is 8.42 Å². The molecule has 0 unspecified atom stereocenters. The van der Waals surface area contributed by atoms with Gasteiger partial charge in [0.05, 0.1) is 11.9 Å². The fourth-order valence-corrected chi connectivity index (χ4v) is 5.74. The van der Waals surface area contributed by atoms with Crippen molar-refractivity contribution in [3.8, 4) is 0 Å². The number of halogens is 3. The number of hydrogen-bond donors (Lipinski definition) is 1. The van der Waals surface area contributed by atoms with Crippen LogP contribution in [0.5, 0.6) is 0 Å². The van der Waals surface area contributed by atoms with Crippen LogP contribution in [0, 0.1) is 6.92 Å². The van der Waals surface area contributed by atoms with Gasteiger partial charge >= 0.3 is 0 Å². The van der Waals surface area contributed by atoms with E-state index in [1.54, 1.807) is 43.3 Å². The average molecular weight is 605 g/mol. The van der Waals surface area contributed by atoms with Gasteiger partial charge in [0.15, 0.2) is 0 Å². The molecule has 0 saturated heterocycles. The molecule has 0 aromatic heterocycles. The van der Waals surface area contributed by atoms with E-state index in [9.17, 15) is 18.0 Å². The van der Waals surface area contributed by atoms with Crippen LogP contribution in [0.1, 0.15) is 57.1 Å². The van der Waals surface area contributed by atoms with Gasteiger partial charge in [-0.05, 0) is 61.6 Å². The number of amides is 2. The summed E-state index contributed by atoms with van der Waals surface area (Å²) in [6, 6.07) is 9.36. The first kappa shape index (κ1) is 32.2. The zero-order valence-corrected chi connectivity index (χ0v) is 25.4. The highest BCUT2D eigenvalue weighted by molar-refractivity contribution is 7.92. The molecule has 0 bridgehead atoms. The quantitative estimate of drug-likeness (QED) is 0.259. The molecule has 0 radical (unpaired) electrons. The van der Waals surface area contributed by atoms with Crippen molar-refractivity contribution in [3.63, 3.8) is 0 Å². The van der Waals surface area contributed by atoms with Gasteiger partial charge in [-0.3, -0.25) is 13.9 Å². The van der Waals surface area contributed by atoms with Crippen LogP contribution in [-0.2, 0) is 26.2 Å². The second kappa shape index (κ2) is 15.0. The Hall–Kier alpha value is -2.00. The normalized spacial score (nSPS) is 12.2. The number of sulfonamides is 1. The Labute approximate surface area is 241 Å². The number of carbonyl (C=O) groups is 2. The minimum absolute atomic E-state index is 0.0373. The minimum Gasteiger partial charge on any atom is -0.354 e. The van der Waals surface area contributed by atoms with Crippen molar-refractivity contribution in [2.24, 2.45) is 0 Å². The van der Waals surface area contributed by atoms with Crippen molar-refractivity contribution < 1.29 is 18.0 Å². The average Bonchev–Trinajstić information content (AvgIpc) is 2.84. The third kappa shape index (κ3) is 9.33. The first-order valence-corrected chi connectivity index (χ1v) is 15.6. The van der Waals surface area contributed by atoms with E-state index in [1.165, 1.54) is 9.21 Å². The Morgan fingerprint density at radius 2 is 1.66 bits per heavy atom. The van der Waals surface area contributed by atoms with Crippen LogP contribution in [0.4, 0.5) is 5.69 Å². The van der Waals surface area contributed by atoms with Crippen LogP contribution in [0.3, 0.4) is 0 Å². The van der Waals surface area contributed by atoms with Crippen molar-refractivity contribution in [3.05, 3.63) is 62.6 Å². The molecule has 0 heterocycles. The largest absolute Gasteiger partial charge is 0.354 e. The van der Waals surface area contributed by atoms with E-state index < -0.39 is 16.1 Å². The maximum atomic E-state index is 13.5. The molecule has 0 saturated carbocycles. The predicted molar refractivity (Wildman–Crippen MR) is 157 cm³/mol. The van der Waals surface area contributed by atoms with Crippen molar-refractivity contribution in [1.29, 1.82) is 0 Å². The zero-order valence-electron chi connectivity index (χ0n) is 22.3. The molecule has 7 nitrogen and oxygen atoms in total. The SMILES string of the molecule is CCCCNC(=O)[C@@H](CC)N(Cc1ccc(Cl)cc1Cl)C(=O)CCCN(c1cc(Cl)ccc1C)S(C)(=O)=O. The number of nitrogens with one attached hydrogen (secondary N) is 1. The lowest BCUT2D eigenvalue weighted by Crippen LogP contribution is -2.49. The lowest BCUT2D eigenvalue weighted by atomic mass is 10.1. The summed E-state index contributed by atoms with van der Waals surface area (Å²) in [5, 5.41) is 4.21. The highest BCUT2D eigenvalue weighted by atomic mass is 35.5. The van der Waals surface area contributed by atoms with Gasteiger partial charge in [-0.1, -0.05) is 67.2 Å². The van der Waals surface area contributed by atoms with Crippen LogP contribution in [0.2, 0.25) is 15.1 Å². The highest BCUT2D eigenvalue weighted by Gasteiger charge is 2.29. The van der Waals surface area contributed by atoms with Crippen LogP contribution >= 0.6 is 34.8 Å². The van der Waals surface area contributed by atoms with Gasteiger partial charge in [0.1, 0.15) is 6.04 Å². The molecule has 0 spiro atoms. The summed E-state index contributed by atoms with van der Waals surface area (Å²) >= 11 is 18.6. The molecule has 2 aromatic carbocycles. The molecule has 38 heavy (non-hydrogen) atoms. The van der Waals surface area contributed by atoms with Gasteiger partial charge < -0.3 is 10.2 Å². The smallest absolute Gasteiger partial charge is 0.242 e. The van der Waals surface area contributed by atoms with Crippen LogP contribution < -0.4 is 9.62 Å². The molecule has 210 valence electrons. The topological polar surface area (TPSA) is 86.8 Å². The molecule has 1 N–H and O–H groups in total. The molecule has 1 atom stereocenters. The Morgan fingerprint density at radius 1 is 1.00 bits per heavy atom. The van der Waals surface area contributed by atoms with Crippen LogP contribution in [-0.4, -0.2) is 50.5 Å². The maximum Gasteiger partial charge on any atom is 0.242 e. The molecule has 2 aromatic rings. The predicted octanol–water partition coefficient (Wildman–Crippen LogP) is 6.23. The van der Waals surface area contributed by atoms with E-state index in [-0.39, 0.29) is 37.7 Å². The number of anilines is 1. The first-order chi connectivity index (χ1) is 17.9. The monoisotopic (exact) mass is 603 g/mol. The molecule has 0 aliphatic heterocycles. The standard InChI is InChI=1S/C27H36Cl3N3O4S/c1-5-7-14-31-27(35)24(6-2)32(18-20-11-13-21(28)16-23(20)30)26(34)9-8-15-33(38(4,36)37)25-17-22(29)12-10-19(25)3/h10-13,16-17,24H,5-9,14-15,18H2,1-4H3,(H,31,35)/t24-/m1/s1. The van der Waals surface area contributed by atoms with Crippen molar-refractivity contribution in [2.45, 2.75) is 65.5 Å².